The zero-order chi connectivity index (χ0) is 23.8. The highest BCUT2D eigenvalue weighted by Crippen LogP contribution is 2.26. The summed E-state index contributed by atoms with van der Waals surface area (Å²) in [7, 11) is 1.81. The summed E-state index contributed by atoms with van der Waals surface area (Å²) >= 11 is 0. The molecule has 0 aliphatic rings. The molecule has 34 heavy (non-hydrogen) atoms. The molecule has 0 spiro atoms. The summed E-state index contributed by atoms with van der Waals surface area (Å²) in [6.07, 6.45) is 4.98. The lowest BCUT2D eigenvalue weighted by Gasteiger charge is -2.02. The zero-order valence-corrected chi connectivity index (χ0v) is 19.0. The van der Waals surface area contributed by atoms with Crippen LogP contribution in [0.2, 0.25) is 0 Å². The standard InChI is InChI=1S/C27H22N4O3/c1-17-25(18(2)30(3)28-17)23(32)14-13-20-16-31(21-10-5-4-6-11-21)29-26(20)22-15-19-9-7-8-12-24(19)34-27(22)33/h4-16H,1-3H3/b14-13+. The molecule has 0 fully saturated rings. The predicted molar refractivity (Wildman–Crippen MR) is 131 cm³/mol. The van der Waals surface area contributed by atoms with Crippen LogP contribution in [0.3, 0.4) is 0 Å². The number of hydrogen-bond acceptors (Lipinski definition) is 5. The van der Waals surface area contributed by atoms with Gasteiger partial charge in [-0.05, 0) is 50.3 Å². The Morgan fingerprint density at radius 3 is 2.47 bits per heavy atom. The minimum atomic E-state index is -0.489. The third-order valence-electron chi connectivity index (χ3n) is 5.83. The fraction of sp³-hybridized carbons (Fsp3) is 0.111. The van der Waals surface area contributed by atoms with Crippen LogP contribution >= 0.6 is 0 Å². The van der Waals surface area contributed by atoms with Crippen LogP contribution in [-0.4, -0.2) is 25.3 Å². The Hall–Kier alpha value is -4.52. The van der Waals surface area contributed by atoms with Crippen molar-refractivity contribution < 1.29 is 9.21 Å². The molecule has 0 unspecified atom stereocenters. The molecule has 0 amide bonds. The third-order valence-corrected chi connectivity index (χ3v) is 5.83. The number of aromatic nitrogens is 4. The Kier molecular flexibility index (Phi) is 5.30. The quantitative estimate of drug-likeness (QED) is 0.216. The van der Waals surface area contributed by atoms with Gasteiger partial charge in [0.25, 0.3) is 0 Å². The molecule has 7 nitrogen and oxygen atoms in total. The fourth-order valence-corrected chi connectivity index (χ4v) is 4.04. The van der Waals surface area contributed by atoms with Crippen molar-refractivity contribution >= 4 is 22.8 Å². The molecule has 3 heterocycles. The second kappa shape index (κ2) is 8.44. The van der Waals surface area contributed by atoms with Crippen LogP contribution in [0.15, 0.2) is 82.1 Å². The number of aryl methyl sites for hydroxylation is 2. The molecule has 0 aliphatic heterocycles. The number of carbonyl (C=O) groups is 1. The molecule has 7 heteroatoms. The Morgan fingerprint density at radius 1 is 1.00 bits per heavy atom. The number of ketones is 1. The number of para-hydroxylation sites is 2. The topological polar surface area (TPSA) is 82.9 Å². The SMILES string of the molecule is Cc1nn(C)c(C)c1C(=O)/C=C/c1cn(-c2ccccc2)nc1-c1cc2ccccc2oc1=O. The number of nitrogens with zero attached hydrogens (tertiary/aromatic N) is 4. The van der Waals surface area contributed by atoms with Gasteiger partial charge in [0.05, 0.1) is 22.5 Å². The van der Waals surface area contributed by atoms with Crippen LogP contribution in [0.25, 0.3) is 34.0 Å². The first-order valence-corrected chi connectivity index (χ1v) is 10.8. The molecule has 0 radical (unpaired) electrons. The van der Waals surface area contributed by atoms with Crippen LogP contribution in [0.5, 0.6) is 0 Å². The van der Waals surface area contributed by atoms with Crippen molar-refractivity contribution in [2.75, 3.05) is 0 Å². The summed E-state index contributed by atoms with van der Waals surface area (Å²) in [5.41, 5.74) is 4.28. The maximum atomic E-state index is 13.0. The summed E-state index contributed by atoms with van der Waals surface area (Å²) in [6.45, 7) is 3.67. The normalized spacial score (nSPS) is 11.5. The number of benzene rings is 2. The molecule has 0 atom stereocenters. The maximum absolute atomic E-state index is 13.0. The van der Waals surface area contributed by atoms with E-state index in [9.17, 15) is 9.59 Å². The van der Waals surface area contributed by atoms with E-state index < -0.39 is 5.63 Å². The minimum absolute atomic E-state index is 0.160. The van der Waals surface area contributed by atoms with Gasteiger partial charge in [0.1, 0.15) is 11.3 Å². The molecule has 5 rings (SSSR count). The van der Waals surface area contributed by atoms with E-state index in [1.807, 2.05) is 69.4 Å². The Labute approximate surface area is 195 Å². The van der Waals surface area contributed by atoms with Gasteiger partial charge in [0.2, 0.25) is 0 Å². The first-order valence-electron chi connectivity index (χ1n) is 10.8. The van der Waals surface area contributed by atoms with E-state index in [2.05, 4.69) is 10.2 Å². The molecule has 2 aromatic carbocycles. The van der Waals surface area contributed by atoms with Crippen molar-refractivity contribution in [3.8, 4) is 16.9 Å². The van der Waals surface area contributed by atoms with Crippen molar-refractivity contribution in [3.63, 3.8) is 0 Å². The molecule has 0 N–H and O–H groups in total. The van der Waals surface area contributed by atoms with Crippen molar-refractivity contribution in [3.05, 3.63) is 106 Å². The average Bonchev–Trinajstić information content (AvgIpc) is 3.37. The number of rotatable bonds is 5. The van der Waals surface area contributed by atoms with E-state index >= 15 is 0 Å². The van der Waals surface area contributed by atoms with E-state index in [0.717, 1.165) is 16.8 Å². The number of hydrogen-bond donors (Lipinski definition) is 0. The van der Waals surface area contributed by atoms with Crippen LogP contribution in [0.4, 0.5) is 0 Å². The van der Waals surface area contributed by atoms with Crippen molar-refractivity contribution in [2.24, 2.45) is 7.05 Å². The van der Waals surface area contributed by atoms with E-state index in [1.165, 1.54) is 6.08 Å². The van der Waals surface area contributed by atoms with E-state index in [-0.39, 0.29) is 5.78 Å². The first kappa shape index (κ1) is 21.3. The second-order valence-electron chi connectivity index (χ2n) is 8.07. The molecule has 0 bridgehead atoms. The highest BCUT2D eigenvalue weighted by atomic mass is 16.4. The van der Waals surface area contributed by atoms with Crippen molar-refractivity contribution in [1.29, 1.82) is 0 Å². The van der Waals surface area contributed by atoms with Crippen LogP contribution < -0.4 is 5.63 Å². The number of fused-ring (bicyclic) bond motifs is 1. The van der Waals surface area contributed by atoms with E-state index in [0.29, 0.717) is 33.7 Å². The lowest BCUT2D eigenvalue weighted by molar-refractivity contribution is 0.104. The van der Waals surface area contributed by atoms with Gasteiger partial charge in [-0.3, -0.25) is 9.48 Å². The third kappa shape index (κ3) is 3.77. The molecule has 0 saturated carbocycles. The fourth-order valence-electron chi connectivity index (χ4n) is 4.04. The summed E-state index contributed by atoms with van der Waals surface area (Å²) in [5, 5.41) is 9.80. The van der Waals surface area contributed by atoms with Crippen LogP contribution in [0.1, 0.15) is 27.3 Å². The van der Waals surface area contributed by atoms with E-state index in [4.69, 9.17) is 4.42 Å². The first-order chi connectivity index (χ1) is 16.4. The molecule has 0 aliphatic carbocycles. The van der Waals surface area contributed by atoms with Gasteiger partial charge < -0.3 is 4.42 Å². The van der Waals surface area contributed by atoms with Gasteiger partial charge in [-0.25, -0.2) is 9.48 Å². The monoisotopic (exact) mass is 450 g/mol. The van der Waals surface area contributed by atoms with Crippen molar-refractivity contribution in [1.82, 2.24) is 19.6 Å². The Morgan fingerprint density at radius 2 is 1.74 bits per heavy atom. The molecule has 0 saturated heterocycles. The highest BCUT2D eigenvalue weighted by Gasteiger charge is 2.18. The Balaban J connectivity index is 1.64. The van der Waals surface area contributed by atoms with E-state index in [1.54, 1.807) is 33.8 Å². The summed E-state index contributed by atoms with van der Waals surface area (Å²) in [5.74, 6) is -0.160. The highest BCUT2D eigenvalue weighted by molar-refractivity contribution is 6.08. The molecular weight excluding hydrogens is 428 g/mol. The van der Waals surface area contributed by atoms with Gasteiger partial charge in [0, 0.05) is 29.9 Å². The zero-order valence-electron chi connectivity index (χ0n) is 19.0. The molecule has 5 aromatic rings. The molecular formula is C27H22N4O3. The van der Waals surface area contributed by atoms with Gasteiger partial charge in [-0.15, -0.1) is 0 Å². The Bertz CT molecular complexity index is 1620. The number of allylic oxidation sites excluding steroid dienone is 1. The van der Waals surface area contributed by atoms with Gasteiger partial charge in [-0.1, -0.05) is 36.4 Å². The average molecular weight is 450 g/mol. The molecule has 3 aromatic heterocycles. The lowest BCUT2D eigenvalue weighted by atomic mass is 10.1. The largest absolute Gasteiger partial charge is 0.422 e. The van der Waals surface area contributed by atoms with Crippen LogP contribution in [-0.2, 0) is 7.05 Å². The van der Waals surface area contributed by atoms with Crippen LogP contribution in [0, 0.1) is 13.8 Å². The molecule has 168 valence electrons. The number of carbonyl (C=O) groups excluding carboxylic acids is 1. The van der Waals surface area contributed by atoms with Gasteiger partial charge >= 0.3 is 5.63 Å². The second-order valence-corrected chi connectivity index (χ2v) is 8.07. The lowest BCUT2D eigenvalue weighted by Crippen LogP contribution is -2.04. The smallest absolute Gasteiger partial charge is 0.345 e. The van der Waals surface area contributed by atoms with Crippen molar-refractivity contribution in [2.45, 2.75) is 13.8 Å². The minimum Gasteiger partial charge on any atom is -0.422 e. The summed E-state index contributed by atoms with van der Waals surface area (Å²) in [6, 6.07) is 18.7. The maximum Gasteiger partial charge on any atom is 0.345 e. The predicted octanol–water partition coefficient (Wildman–Crippen LogP) is 4.89. The van der Waals surface area contributed by atoms with Gasteiger partial charge in [0.15, 0.2) is 5.78 Å². The summed E-state index contributed by atoms with van der Waals surface area (Å²) in [4.78, 5) is 25.9. The summed E-state index contributed by atoms with van der Waals surface area (Å²) < 4.78 is 8.92. The van der Waals surface area contributed by atoms with Gasteiger partial charge in [-0.2, -0.15) is 10.2 Å².